The first-order valence-electron chi connectivity index (χ1n) is 4.70. The van der Waals surface area contributed by atoms with Gasteiger partial charge in [-0.05, 0) is 19.4 Å². The first-order chi connectivity index (χ1) is 6.40. The Hall–Kier alpha value is -0.870. The van der Waals surface area contributed by atoms with E-state index in [1.54, 1.807) is 0 Å². The second-order valence-electron chi connectivity index (χ2n) is 3.38. The summed E-state index contributed by atoms with van der Waals surface area (Å²) in [5.41, 5.74) is 0.613. The van der Waals surface area contributed by atoms with Crippen molar-refractivity contribution in [1.29, 1.82) is 0 Å². The minimum atomic E-state index is -0.0454. The monoisotopic (exact) mass is 182 g/mol. The van der Waals surface area contributed by atoms with E-state index in [1.807, 2.05) is 6.07 Å². The van der Waals surface area contributed by atoms with Crippen LogP contribution in [0.15, 0.2) is 10.6 Å². The number of hydrogen-bond donors (Lipinski definition) is 2. The molecule has 0 bridgehead atoms. The maximum atomic E-state index is 8.81. The standard InChI is InChI=1S/C9H14N2O2/c12-6-7-5-9(13-11-7)8-3-1-2-4-10-8/h5,8,10,12H,1-4,6H2. The highest BCUT2D eigenvalue weighted by molar-refractivity contribution is 5.09. The molecule has 1 saturated heterocycles. The van der Waals surface area contributed by atoms with Gasteiger partial charge in [-0.15, -0.1) is 0 Å². The first kappa shape index (κ1) is 8.72. The van der Waals surface area contributed by atoms with Gasteiger partial charge in [0.2, 0.25) is 0 Å². The molecule has 1 unspecified atom stereocenters. The topological polar surface area (TPSA) is 58.3 Å². The Kier molecular flexibility index (Phi) is 2.61. The van der Waals surface area contributed by atoms with Gasteiger partial charge >= 0.3 is 0 Å². The average Bonchev–Trinajstić information content (AvgIpc) is 2.67. The van der Waals surface area contributed by atoms with Crippen LogP contribution < -0.4 is 5.32 Å². The summed E-state index contributed by atoms with van der Waals surface area (Å²) in [7, 11) is 0. The maximum Gasteiger partial charge on any atom is 0.153 e. The predicted molar refractivity (Wildman–Crippen MR) is 47.0 cm³/mol. The normalized spacial score (nSPS) is 23.3. The molecule has 1 aliphatic rings. The SMILES string of the molecule is OCc1cc(C2CCCCN2)on1. The lowest BCUT2D eigenvalue weighted by Crippen LogP contribution is -2.26. The zero-order valence-corrected chi connectivity index (χ0v) is 7.49. The van der Waals surface area contributed by atoms with Crippen molar-refractivity contribution in [2.45, 2.75) is 31.9 Å². The fraction of sp³-hybridized carbons (Fsp3) is 0.667. The smallest absolute Gasteiger partial charge is 0.153 e. The van der Waals surface area contributed by atoms with Crippen LogP contribution in [0, 0.1) is 0 Å². The van der Waals surface area contributed by atoms with Gasteiger partial charge in [0.15, 0.2) is 5.76 Å². The molecule has 4 nitrogen and oxygen atoms in total. The van der Waals surface area contributed by atoms with E-state index in [1.165, 1.54) is 12.8 Å². The lowest BCUT2D eigenvalue weighted by molar-refractivity contribution is 0.259. The van der Waals surface area contributed by atoms with Crippen LogP contribution in [0.4, 0.5) is 0 Å². The van der Waals surface area contributed by atoms with E-state index in [2.05, 4.69) is 10.5 Å². The van der Waals surface area contributed by atoms with Gasteiger partial charge in [-0.1, -0.05) is 11.6 Å². The fourth-order valence-electron chi connectivity index (χ4n) is 1.66. The van der Waals surface area contributed by atoms with Crippen molar-refractivity contribution in [3.05, 3.63) is 17.5 Å². The second-order valence-corrected chi connectivity index (χ2v) is 3.38. The van der Waals surface area contributed by atoms with Crippen molar-refractivity contribution < 1.29 is 9.63 Å². The lowest BCUT2D eigenvalue weighted by Gasteiger charge is -2.20. The third-order valence-corrected chi connectivity index (χ3v) is 2.39. The molecule has 1 aromatic heterocycles. The van der Waals surface area contributed by atoms with E-state index in [0.717, 1.165) is 18.7 Å². The van der Waals surface area contributed by atoms with E-state index < -0.39 is 0 Å². The maximum absolute atomic E-state index is 8.81. The van der Waals surface area contributed by atoms with Gasteiger partial charge in [0.25, 0.3) is 0 Å². The highest BCUT2D eigenvalue weighted by Crippen LogP contribution is 2.23. The number of aromatic nitrogens is 1. The van der Waals surface area contributed by atoms with Crippen LogP contribution in [-0.4, -0.2) is 16.8 Å². The van der Waals surface area contributed by atoms with Gasteiger partial charge in [0, 0.05) is 6.07 Å². The van der Waals surface area contributed by atoms with Gasteiger partial charge in [0.05, 0.1) is 12.6 Å². The lowest BCUT2D eigenvalue weighted by atomic mass is 10.0. The van der Waals surface area contributed by atoms with E-state index in [9.17, 15) is 0 Å². The zero-order chi connectivity index (χ0) is 9.10. The highest BCUT2D eigenvalue weighted by atomic mass is 16.5. The van der Waals surface area contributed by atoms with Gasteiger partial charge in [-0.2, -0.15) is 0 Å². The van der Waals surface area contributed by atoms with Crippen LogP contribution in [0.3, 0.4) is 0 Å². The Bertz CT molecular complexity index is 266. The van der Waals surface area contributed by atoms with Crippen LogP contribution in [-0.2, 0) is 6.61 Å². The molecular formula is C9H14N2O2. The number of nitrogens with zero attached hydrogens (tertiary/aromatic N) is 1. The minimum absolute atomic E-state index is 0.0454. The van der Waals surface area contributed by atoms with E-state index in [4.69, 9.17) is 9.63 Å². The fourth-order valence-corrected chi connectivity index (χ4v) is 1.66. The Labute approximate surface area is 76.9 Å². The molecule has 2 N–H and O–H groups in total. The molecule has 0 saturated carbocycles. The van der Waals surface area contributed by atoms with Crippen molar-refractivity contribution in [1.82, 2.24) is 10.5 Å². The summed E-state index contributed by atoms with van der Waals surface area (Å²) in [5, 5.41) is 15.9. The van der Waals surface area contributed by atoms with Gasteiger partial charge in [0.1, 0.15) is 5.69 Å². The molecule has 1 fully saturated rings. The van der Waals surface area contributed by atoms with Crippen LogP contribution in [0.1, 0.15) is 36.8 Å². The highest BCUT2D eigenvalue weighted by Gasteiger charge is 2.18. The molecular weight excluding hydrogens is 168 g/mol. The third-order valence-electron chi connectivity index (χ3n) is 2.39. The van der Waals surface area contributed by atoms with E-state index >= 15 is 0 Å². The molecule has 1 aliphatic heterocycles. The van der Waals surface area contributed by atoms with Crippen LogP contribution >= 0.6 is 0 Å². The number of aliphatic hydroxyl groups is 1. The molecule has 72 valence electrons. The summed E-state index contributed by atoms with van der Waals surface area (Å²) < 4.78 is 5.12. The Morgan fingerprint density at radius 2 is 2.54 bits per heavy atom. The summed E-state index contributed by atoms with van der Waals surface area (Å²) in [6, 6.07) is 2.12. The quantitative estimate of drug-likeness (QED) is 0.715. The summed E-state index contributed by atoms with van der Waals surface area (Å²) in [4.78, 5) is 0. The van der Waals surface area contributed by atoms with E-state index in [0.29, 0.717) is 11.7 Å². The third kappa shape index (κ3) is 1.89. The number of hydrogen-bond acceptors (Lipinski definition) is 4. The molecule has 0 aliphatic carbocycles. The minimum Gasteiger partial charge on any atom is -0.390 e. The molecule has 0 spiro atoms. The largest absolute Gasteiger partial charge is 0.390 e. The van der Waals surface area contributed by atoms with E-state index in [-0.39, 0.29) is 6.61 Å². The van der Waals surface area contributed by atoms with Crippen molar-refractivity contribution in [2.24, 2.45) is 0 Å². The summed E-state index contributed by atoms with van der Waals surface area (Å²) in [6.45, 7) is 0.996. The molecule has 1 atom stereocenters. The van der Waals surface area contributed by atoms with Crippen molar-refractivity contribution >= 4 is 0 Å². The predicted octanol–water partition coefficient (Wildman–Crippen LogP) is 0.982. The Morgan fingerprint density at radius 1 is 1.62 bits per heavy atom. The number of piperidine rings is 1. The summed E-state index contributed by atoms with van der Waals surface area (Å²) in [5.74, 6) is 0.851. The van der Waals surface area contributed by atoms with Crippen LogP contribution in [0.2, 0.25) is 0 Å². The molecule has 0 amide bonds. The molecule has 1 aromatic rings. The molecule has 0 aromatic carbocycles. The molecule has 4 heteroatoms. The zero-order valence-electron chi connectivity index (χ0n) is 7.49. The molecule has 2 rings (SSSR count). The van der Waals surface area contributed by atoms with Gasteiger partial charge in [-0.25, -0.2) is 0 Å². The van der Waals surface area contributed by atoms with Crippen molar-refractivity contribution in [2.75, 3.05) is 6.54 Å². The molecule has 13 heavy (non-hydrogen) atoms. The number of nitrogens with one attached hydrogen (secondary N) is 1. The van der Waals surface area contributed by atoms with Crippen molar-refractivity contribution in [3.63, 3.8) is 0 Å². The average molecular weight is 182 g/mol. The first-order valence-corrected chi connectivity index (χ1v) is 4.70. The van der Waals surface area contributed by atoms with Crippen LogP contribution in [0.5, 0.6) is 0 Å². The Morgan fingerprint density at radius 3 is 3.15 bits per heavy atom. The van der Waals surface area contributed by atoms with Crippen molar-refractivity contribution in [3.8, 4) is 0 Å². The molecule has 2 heterocycles. The van der Waals surface area contributed by atoms with Gasteiger partial charge < -0.3 is 14.9 Å². The number of rotatable bonds is 2. The summed E-state index contributed by atoms with van der Waals surface area (Å²) >= 11 is 0. The molecule has 0 radical (unpaired) electrons. The summed E-state index contributed by atoms with van der Waals surface area (Å²) in [6.07, 6.45) is 3.56. The number of aliphatic hydroxyl groups excluding tert-OH is 1. The van der Waals surface area contributed by atoms with Crippen LogP contribution in [0.25, 0.3) is 0 Å². The van der Waals surface area contributed by atoms with Gasteiger partial charge in [-0.3, -0.25) is 0 Å². The second kappa shape index (κ2) is 3.89. The Balaban J connectivity index is 2.05.